The second kappa shape index (κ2) is 9.75. The topological polar surface area (TPSA) is 61.8 Å². The third-order valence-electron chi connectivity index (χ3n) is 3.52. The van der Waals surface area contributed by atoms with Crippen LogP contribution in [-0.2, 0) is 23.8 Å². The van der Waals surface area contributed by atoms with Crippen molar-refractivity contribution in [3.05, 3.63) is 0 Å². The third-order valence-corrected chi connectivity index (χ3v) is 3.52. The Balaban J connectivity index is 5.41. The lowest BCUT2D eigenvalue weighted by atomic mass is 9.71. The van der Waals surface area contributed by atoms with Gasteiger partial charge in [-0.1, -0.05) is 20.3 Å². The first-order valence-electron chi connectivity index (χ1n) is 7.34. The van der Waals surface area contributed by atoms with Crippen molar-refractivity contribution in [2.45, 2.75) is 47.0 Å². The highest BCUT2D eigenvalue weighted by atomic mass is 16.6. The number of esters is 2. The van der Waals surface area contributed by atoms with Gasteiger partial charge >= 0.3 is 11.9 Å². The zero-order valence-corrected chi connectivity index (χ0v) is 13.4. The molecule has 20 heavy (non-hydrogen) atoms. The van der Waals surface area contributed by atoms with Crippen LogP contribution in [0.5, 0.6) is 0 Å². The minimum absolute atomic E-state index is 0.194. The lowest BCUT2D eigenvalue weighted by molar-refractivity contribution is -0.177. The SMILES string of the molecule is CCCC(C(=O)OCC)(C(=O)OCC)C(C)CCOC. The molecule has 0 rings (SSSR count). The summed E-state index contributed by atoms with van der Waals surface area (Å²) < 4.78 is 15.4. The summed E-state index contributed by atoms with van der Waals surface area (Å²) in [5.74, 6) is -1.16. The summed E-state index contributed by atoms with van der Waals surface area (Å²) in [6.45, 7) is 8.28. The molecule has 0 aromatic heterocycles. The molecule has 0 saturated heterocycles. The number of ether oxygens (including phenoxy) is 3. The number of hydrogen-bond acceptors (Lipinski definition) is 5. The van der Waals surface area contributed by atoms with Gasteiger partial charge in [0.15, 0.2) is 5.41 Å². The van der Waals surface area contributed by atoms with Crippen molar-refractivity contribution >= 4 is 11.9 Å². The average molecular weight is 288 g/mol. The van der Waals surface area contributed by atoms with Crippen LogP contribution in [0, 0.1) is 11.3 Å². The van der Waals surface area contributed by atoms with Crippen molar-refractivity contribution < 1.29 is 23.8 Å². The van der Waals surface area contributed by atoms with Gasteiger partial charge in [0.2, 0.25) is 0 Å². The molecule has 0 aliphatic heterocycles. The van der Waals surface area contributed by atoms with Gasteiger partial charge < -0.3 is 14.2 Å². The van der Waals surface area contributed by atoms with Crippen LogP contribution in [0.15, 0.2) is 0 Å². The number of methoxy groups -OCH3 is 1. The highest BCUT2D eigenvalue weighted by Crippen LogP contribution is 2.38. The van der Waals surface area contributed by atoms with Gasteiger partial charge in [-0.05, 0) is 32.6 Å². The Bertz CT molecular complexity index is 283. The summed E-state index contributed by atoms with van der Waals surface area (Å²) in [6, 6.07) is 0. The van der Waals surface area contributed by atoms with Crippen molar-refractivity contribution in [1.29, 1.82) is 0 Å². The van der Waals surface area contributed by atoms with Gasteiger partial charge in [-0.15, -0.1) is 0 Å². The molecule has 1 unspecified atom stereocenters. The average Bonchev–Trinajstić information content (AvgIpc) is 2.42. The normalized spacial score (nSPS) is 12.8. The van der Waals surface area contributed by atoms with Gasteiger partial charge in [0.1, 0.15) is 0 Å². The van der Waals surface area contributed by atoms with Crippen LogP contribution < -0.4 is 0 Å². The molecule has 0 radical (unpaired) electrons. The lowest BCUT2D eigenvalue weighted by Gasteiger charge is -2.34. The van der Waals surface area contributed by atoms with Crippen LogP contribution in [0.2, 0.25) is 0 Å². The molecular formula is C15H28O5. The second-order valence-electron chi connectivity index (χ2n) is 4.84. The van der Waals surface area contributed by atoms with Gasteiger partial charge in [0, 0.05) is 13.7 Å². The molecule has 0 aliphatic carbocycles. The fourth-order valence-corrected chi connectivity index (χ4v) is 2.39. The van der Waals surface area contributed by atoms with E-state index in [1.165, 1.54) is 0 Å². The van der Waals surface area contributed by atoms with Gasteiger partial charge in [-0.2, -0.15) is 0 Å². The molecule has 0 aliphatic rings. The van der Waals surface area contributed by atoms with Crippen molar-refractivity contribution in [3.63, 3.8) is 0 Å². The largest absolute Gasteiger partial charge is 0.465 e. The van der Waals surface area contributed by atoms with Crippen LogP contribution in [0.4, 0.5) is 0 Å². The summed E-state index contributed by atoms with van der Waals surface area (Å²) in [6.07, 6.45) is 1.73. The first-order chi connectivity index (χ1) is 9.50. The molecular weight excluding hydrogens is 260 g/mol. The maximum Gasteiger partial charge on any atom is 0.323 e. The predicted octanol–water partition coefficient (Wildman–Crippen LogP) is 2.57. The van der Waals surface area contributed by atoms with Crippen molar-refractivity contribution in [2.24, 2.45) is 11.3 Å². The summed E-state index contributed by atoms with van der Waals surface area (Å²) in [4.78, 5) is 24.8. The Morgan fingerprint density at radius 2 is 1.55 bits per heavy atom. The first kappa shape index (κ1) is 18.9. The molecule has 118 valence electrons. The predicted molar refractivity (Wildman–Crippen MR) is 76.3 cm³/mol. The minimum Gasteiger partial charge on any atom is -0.465 e. The van der Waals surface area contributed by atoms with Crippen LogP contribution in [-0.4, -0.2) is 38.9 Å². The Hall–Kier alpha value is -1.10. The van der Waals surface area contributed by atoms with Crippen molar-refractivity contribution in [3.8, 4) is 0 Å². The van der Waals surface area contributed by atoms with E-state index in [-0.39, 0.29) is 19.1 Å². The fraction of sp³-hybridized carbons (Fsp3) is 0.867. The molecule has 0 amide bonds. The van der Waals surface area contributed by atoms with Crippen LogP contribution in [0.1, 0.15) is 47.0 Å². The Kier molecular flexibility index (Phi) is 9.21. The molecule has 1 atom stereocenters. The molecule has 5 nitrogen and oxygen atoms in total. The van der Waals surface area contributed by atoms with Crippen molar-refractivity contribution in [2.75, 3.05) is 26.9 Å². The van der Waals surface area contributed by atoms with E-state index in [9.17, 15) is 9.59 Å². The van der Waals surface area contributed by atoms with E-state index >= 15 is 0 Å². The molecule has 0 saturated carbocycles. The van der Waals surface area contributed by atoms with Gasteiger partial charge in [0.25, 0.3) is 0 Å². The summed E-state index contributed by atoms with van der Waals surface area (Å²) in [5, 5.41) is 0. The summed E-state index contributed by atoms with van der Waals surface area (Å²) >= 11 is 0. The Morgan fingerprint density at radius 3 is 1.90 bits per heavy atom. The molecule has 0 fully saturated rings. The molecule has 0 aromatic carbocycles. The highest BCUT2D eigenvalue weighted by Gasteiger charge is 2.52. The van der Waals surface area contributed by atoms with Crippen LogP contribution in [0.25, 0.3) is 0 Å². The molecule has 0 N–H and O–H groups in total. The standard InChI is InChI=1S/C15H28O5/c1-6-10-15(13(16)19-7-2,14(17)20-8-3)12(4)9-11-18-5/h12H,6-11H2,1-5H3. The maximum absolute atomic E-state index is 12.4. The van der Waals surface area contributed by atoms with E-state index in [4.69, 9.17) is 14.2 Å². The molecule has 0 heterocycles. The highest BCUT2D eigenvalue weighted by molar-refractivity contribution is 6.00. The summed E-state index contributed by atoms with van der Waals surface area (Å²) in [7, 11) is 1.60. The lowest BCUT2D eigenvalue weighted by Crippen LogP contribution is -2.47. The molecule has 0 spiro atoms. The van der Waals surface area contributed by atoms with E-state index in [1.807, 2.05) is 13.8 Å². The number of carbonyl (C=O) groups is 2. The number of hydrogen-bond donors (Lipinski definition) is 0. The fourth-order valence-electron chi connectivity index (χ4n) is 2.39. The van der Waals surface area contributed by atoms with E-state index in [0.29, 0.717) is 25.9 Å². The second-order valence-corrected chi connectivity index (χ2v) is 4.84. The monoisotopic (exact) mass is 288 g/mol. The van der Waals surface area contributed by atoms with E-state index < -0.39 is 17.4 Å². The van der Waals surface area contributed by atoms with Gasteiger partial charge in [-0.3, -0.25) is 9.59 Å². The van der Waals surface area contributed by atoms with Gasteiger partial charge in [-0.25, -0.2) is 0 Å². The number of carbonyl (C=O) groups excluding carboxylic acids is 2. The maximum atomic E-state index is 12.4. The minimum atomic E-state index is -1.22. The Labute approximate surface area is 122 Å². The quantitative estimate of drug-likeness (QED) is 0.457. The molecule has 5 heteroatoms. The van der Waals surface area contributed by atoms with E-state index in [1.54, 1.807) is 21.0 Å². The van der Waals surface area contributed by atoms with E-state index in [0.717, 1.165) is 0 Å². The van der Waals surface area contributed by atoms with E-state index in [2.05, 4.69) is 0 Å². The smallest absolute Gasteiger partial charge is 0.323 e. The van der Waals surface area contributed by atoms with Crippen LogP contribution >= 0.6 is 0 Å². The third kappa shape index (κ3) is 4.47. The van der Waals surface area contributed by atoms with Gasteiger partial charge in [0.05, 0.1) is 13.2 Å². The Morgan fingerprint density at radius 1 is 1.05 bits per heavy atom. The summed E-state index contributed by atoms with van der Waals surface area (Å²) in [5.41, 5.74) is -1.22. The van der Waals surface area contributed by atoms with Crippen LogP contribution in [0.3, 0.4) is 0 Å². The first-order valence-corrected chi connectivity index (χ1v) is 7.34. The number of rotatable bonds is 10. The zero-order valence-electron chi connectivity index (χ0n) is 13.4. The zero-order chi connectivity index (χ0) is 15.6. The molecule has 0 bridgehead atoms. The molecule has 0 aromatic rings. The van der Waals surface area contributed by atoms with Crippen molar-refractivity contribution in [1.82, 2.24) is 0 Å².